The normalized spacial score (nSPS) is 15.3. The number of urea groups is 1. The van der Waals surface area contributed by atoms with Crippen molar-refractivity contribution >= 4 is 34.4 Å². The van der Waals surface area contributed by atoms with Crippen molar-refractivity contribution in [1.29, 1.82) is 0 Å². The van der Waals surface area contributed by atoms with Crippen LogP contribution >= 0.6 is 0 Å². The van der Waals surface area contributed by atoms with Crippen LogP contribution in [0.3, 0.4) is 0 Å². The first-order valence-electron chi connectivity index (χ1n) is 12.5. The van der Waals surface area contributed by atoms with Crippen LogP contribution in [0.2, 0.25) is 0 Å². The van der Waals surface area contributed by atoms with Gasteiger partial charge in [0.05, 0.1) is 19.5 Å². The minimum Gasteiger partial charge on any atom is -0.459 e. The van der Waals surface area contributed by atoms with Crippen LogP contribution in [0.15, 0.2) is 73.4 Å². The number of benzene rings is 2. The maximum Gasteiger partial charge on any atom is 0.323 e. The Morgan fingerprint density at radius 2 is 1.63 bits per heavy atom. The number of carbonyl (C=O) groups is 1. The third kappa shape index (κ3) is 5.23. The van der Waals surface area contributed by atoms with E-state index in [0.29, 0.717) is 37.7 Å². The average molecular weight is 514 g/mol. The molecule has 0 aliphatic carbocycles. The molecule has 1 fully saturated rings. The third-order valence-corrected chi connectivity index (χ3v) is 6.31. The number of carbonyl (C=O) groups excluding carboxylic acids is 1. The van der Waals surface area contributed by atoms with Gasteiger partial charge in [0.1, 0.15) is 12.5 Å². The van der Waals surface area contributed by atoms with Gasteiger partial charge in [-0.05, 0) is 36.4 Å². The van der Waals surface area contributed by atoms with Gasteiger partial charge in [0, 0.05) is 43.0 Å². The summed E-state index contributed by atoms with van der Waals surface area (Å²) in [4.78, 5) is 29.0. The number of ether oxygens (including phenoxy) is 3. The minimum absolute atomic E-state index is 0.313. The number of amides is 2. The number of morpholine rings is 1. The molecule has 0 spiro atoms. The Morgan fingerprint density at radius 3 is 2.37 bits per heavy atom. The monoisotopic (exact) mass is 513 g/mol. The van der Waals surface area contributed by atoms with Gasteiger partial charge < -0.3 is 34.3 Å². The summed E-state index contributed by atoms with van der Waals surface area (Å²) >= 11 is 0. The van der Waals surface area contributed by atoms with Crippen LogP contribution in [0.25, 0.3) is 22.6 Å². The maximum atomic E-state index is 12.4. The number of aromatic nitrogens is 4. The van der Waals surface area contributed by atoms with Gasteiger partial charge in [0.15, 0.2) is 22.8 Å². The molecule has 2 aromatic carbocycles. The summed E-state index contributed by atoms with van der Waals surface area (Å²) in [6.07, 6.45) is 5.23. The Bertz CT molecular complexity index is 1430. The zero-order chi connectivity index (χ0) is 25.7. The van der Waals surface area contributed by atoms with Gasteiger partial charge in [-0.25, -0.2) is 19.7 Å². The molecular weight excluding hydrogens is 486 g/mol. The van der Waals surface area contributed by atoms with Gasteiger partial charge in [-0.15, -0.1) is 0 Å². The lowest BCUT2D eigenvalue weighted by Crippen LogP contribution is -2.37. The average Bonchev–Trinajstić information content (AvgIpc) is 3.63. The Balaban J connectivity index is 1.25. The van der Waals surface area contributed by atoms with Crippen molar-refractivity contribution in [3.05, 3.63) is 73.4 Å². The zero-order valence-electron chi connectivity index (χ0n) is 20.6. The number of anilines is 3. The number of nitrogens with one attached hydrogen (secondary N) is 2. The van der Waals surface area contributed by atoms with Crippen LogP contribution in [-0.2, 0) is 20.8 Å². The molecule has 2 aromatic heterocycles. The molecule has 0 unspecified atom stereocenters. The molecule has 6 rings (SSSR count). The van der Waals surface area contributed by atoms with Gasteiger partial charge >= 0.3 is 6.03 Å². The van der Waals surface area contributed by atoms with Crippen LogP contribution in [0.4, 0.5) is 22.0 Å². The molecule has 4 heterocycles. The van der Waals surface area contributed by atoms with E-state index in [1.807, 2.05) is 59.2 Å². The van der Waals surface area contributed by atoms with E-state index in [2.05, 4.69) is 20.5 Å². The molecule has 0 saturated carbocycles. The van der Waals surface area contributed by atoms with E-state index in [-0.39, 0.29) is 12.3 Å². The first-order valence-corrected chi connectivity index (χ1v) is 12.5. The lowest BCUT2D eigenvalue weighted by Gasteiger charge is -2.28. The number of imidazole rings is 1. The summed E-state index contributed by atoms with van der Waals surface area (Å²) in [7, 11) is 0. The Morgan fingerprint density at radius 1 is 0.921 bits per heavy atom. The van der Waals surface area contributed by atoms with E-state index in [1.165, 1.54) is 0 Å². The second kappa shape index (κ2) is 10.8. The van der Waals surface area contributed by atoms with E-state index >= 15 is 0 Å². The van der Waals surface area contributed by atoms with Crippen molar-refractivity contribution in [2.24, 2.45) is 0 Å². The summed E-state index contributed by atoms with van der Waals surface area (Å²) in [6.45, 7) is 3.36. The molecule has 0 atom stereocenters. The molecular formula is C27H27N7O4. The predicted molar refractivity (Wildman–Crippen MR) is 143 cm³/mol. The largest absolute Gasteiger partial charge is 0.459 e. The number of para-hydroxylation sites is 1. The van der Waals surface area contributed by atoms with Crippen molar-refractivity contribution in [1.82, 2.24) is 19.5 Å². The molecule has 0 radical (unpaired) electrons. The van der Waals surface area contributed by atoms with Gasteiger partial charge in [-0.3, -0.25) is 0 Å². The lowest BCUT2D eigenvalue weighted by atomic mass is 10.2. The number of fused-ring (bicyclic) bond motifs is 1. The van der Waals surface area contributed by atoms with Crippen molar-refractivity contribution in [3.8, 4) is 11.4 Å². The fraction of sp³-hybridized carbons (Fsp3) is 0.259. The summed E-state index contributed by atoms with van der Waals surface area (Å²) < 4.78 is 18.4. The quantitative estimate of drug-likeness (QED) is 0.378. The summed E-state index contributed by atoms with van der Waals surface area (Å²) in [5.41, 5.74) is 3.70. The van der Waals surface area contributed by atoms with E-state index in [0.717, 1.165) is 41.3 Å². The Kier molecular flexibility index (Phi) is 6.73. The topological polar surface area (TPSA) is 116 Å². The summed E-state index contributed by atoms with van der Waals surface area (Å²) in [5.74, 6) is 1.36. The zero-order valence-corrected chi connectivity index (χ0v) is 20.6. The predicted octanol–water partition coefficient (Wildman–Crippen LogP) is 4.21. The number of hydrogen-bond acceptors (Lipinski definition) is 8. The van der Waals surface area contributed by atoms with E-state index in [4.69, 9.17) is 24.2 Å². The number of nitrogens with zero attached hydrogens (tertiary/aromatic N) is 5. The molecule has 2 N–H and O–H groups in total. The molecule has 194 valence electrons. The molecule has 1 saturated heterocycles. The van der Waals surface area contributed by atoms with Gasteiger partial charge in [-0.1, -0.05) is 18.2 Å². The highest BCUT2D eigenvalue weighted by molar-refractivity contribution is 5.99. The molecule has 11 nitrogen and oxygen atoms in total. The van der Waals surface area contributed by atoms with Crippen LogP contribution in [0.5, 0.6) is 0 Å². The molecule has 0 bridgehead atoms. The van der Waals surface area contributed by atoms with Crippen molar-refractivity contribution in [2.45, 2.75) is 19.3 Å². The van der Waals surface area contributed by atoms with Crippen molar-refractivity contribution in [3.63, 3.8) is 0 Å². The second-order valence-electron chi connectivity index (χ2n) is 8.87. The highest BCUT2D eigenvalue weighted by Gasteiger charge is 2.22. The van der Waals surface area contributed by atoms with Gasteiger partial charge in [0.2, 0.25) is 6.29 Å². The van der Waals surface area contributed by atoms with Crippen LogP contribution in [0, 0.1) is 0 Å². The minimum atomic E-state index is -0.314. The molecule has 4 aromatic rings. The first-order chi connectivity index (χ1) is 18.7. The number of hydrogen-bond donors (Lipinski definition) is 2. The fourth-order valence-electron chi connectivity index (χ4n) is 4.39. The lowest BCUT2D eigenvalue weighted by molar-refractivity contribution is -0.0304. The Labute approximate surface area is 219 Å². The fourth-order valence-corrected chi connectivity index (χ4v) is 4.39. The SMILES string of the molecule is O=C(Nc1ccccc1)Nc1ccc(-c2nc(N3CCOCC3)c3ncn(CCC4OC=CO4)c3n2)cc1. The highest BCUT2D eigenvalue weighted by atomic mass is 16.7. The van der Waals surface area contributed by atoms with Crippen molar-refractivity contribution < 1.29 is 19.0 Å². The summed E-state index contributed by atoms with van der Waals surface area (Å²) in [6, 6.07) is 16.4. The van der Waals surface area contributed by atoms with E-state index in [1.54, 1.807) is 18.9 Å². The smallest absolute Gasteiger partial charge is 0.323 e. The van der Waals surface area contributed by atoms with Crippen molar-refractivity contribution in [2.75, 3.05) is 41.8 Å². The third-order valence-electron chi connectivity index (χ3n) is 6.31. The van der Waals surface area contributed by atoms with Gasteiger partial charge in [0.25, 0.3) is 0 Å². The van der Waals surface area contributed by atoms with E-state index < -0.39 is 0 Å². The highest BCUT2D eigenvalue weighted by Crippen LogP contribution is 2.28. The van der Waals surface area contributed by atoms with Crippen LogP contribution < -0.4 is 15.5 Å². The first kappa shape index (κ1) is 23.7. The molecule has 2 aliphatic rings. The number of aryl methyl sites for hydroxylation is 1. The summed E-state index contributed by atoms with van der Waals surface area (Å²) in [5, 5.41) is 5.67. The second-order valence-corrected chi connectivity index (χ2v) is 8.87. The standard InChI is InChI=1S/C27H27N7O4/c35-27(29-20-4-2-1-3-5-20)30-21-8-6-19(7-9-21)24-31-25(33-12-14-36-15-13-33)23-26(32-24)34(18-28-23)11-10-22-37-16-17-38-22/h1-9,16-18,22H,10-15H2,(H2,29,30,35). The molecule has 2 aliphatic heterocycles. The maximum absolute atomic E-state index is 12.4. The van der Waals surface area contributed by atoms with E-state index in [9.17, 15) is 4.79 Å². The van der Waals surface area contributed by atoms with Gasteiger partial charge in [-0.2, -0.15) is 0 Å². The Hall–Kier alpha value is -4.64. The molecule has 2 amide bonds. The molecule has 38 heavy (non-hydrogen) atoms. The van der Waals surface area contributed by atoms with Crippen LogP contribution in [0.1, 0.15) is 6.42 Å². The van der Waals surface area contributed by atoms with Crippen LogP contribution in [-0.4, -0.2) is 58.1 Å². The number of rotatable bonds is 7. The molecule has 11 heteroatoms.